The van der Waals surface area contributed by atoms with Crippen molar-refractivity contribution in [2.24, 2.45) is 0 Å². The van der Waals surface area contributed by atoms with Crippen LogP contribution in [0.25, 0.3) is 11.0 Å². The van der Waals surface area contributed by atoms with Crippen molar-refractivity contribution in [1.29, 1.82) is 0 Å². The molecule has 1 aromatic heterocycles. The zero-order valence-electron chi connectivity index (χ0n) is 17.8. The number of methoxy groups -OCH3 is 1. The first-order chi connectivity index (χ1) is 14.9. The Bertz CT molecular complexity index is 1140. The quantitative estimate of drug-likeness (QED) is 0.633. The van der Waals surface area contributed by atoms with Crippen LogP contribution in [-0.4, -0.2) is 41.1 Å². The second kappa shape index (κ2) is 8.59. The molecule has 0 aliphatic carbocycles. The van der Waals surface area contributed by atoms with Gasteiger partial charge in [-0.15, -0.1) is 0 Å². The maximum Gasteiger partial charge on any atom is 0.240 e. The number of ether oxygens (including phenoxy) is 1. The highest BCUT2D eigenvalue weighted by Gasteiger charge is 2.36. The molecule has 0 saturated carbocycles. The van der Waals surface area contributed by atoms with Crippen LogP contribution in [0.4, 0.5) is 5.69 Å². The Balaban J connectivity index is 1.69. The fourth-order valence-corrected chi connectivity index (χ4v) is 4.24. The number of hydrogen-bond donors (Lipinski definition) is 1. The van der Waals surface area contributed by atoms with Crippen LogP contribution in [0.5, 0.6) is 5.75 Å². The number of carbonyl (C=O) groups is 2. The molecule has 1 atom stereocenters. The van der Waals surface area contributed by atoms with Gasteiger partial charge in [0.25, 0.3) is 0 Å². The van der Waals surface area contributed by atoms with Gasteiger partial charge in [-0.3, -0.25) is 9.59 Å². The van der Waals surface area contributed by atoms with Gasteiger partial charge in [0.15, 0.2) is 0 Å². The van der Waals surface area contributed by atoms with Crippen LogP contribution < -0.4 is 15.0 Å². The summed E-state index contributed by atoms with van der Waals surface area (Å²) in [7, 11) is 1.57. The lowest BCUT2D eigenvalue weighted by Crippen LogP contribution is -2.33. The molecule has 2 amide bonds. The SMILES string of the molecule is COc1ccc(Cl)cc1N1CC(c2nc3ccccc3n2CC(=O)NC(C)C)CC1=O. The van der Waals surface area contributed by atoms with Crippen molar-refractivity contribution < 1.29 is 14.3 Å². The molecule has 2 aromatic carbocycles. The number of anilines is 1. The molecule has 1 aliphatic heterocycles. The van der Waals surface area contributed by atoms with Crippen molar-refractivity contribution in [2.45, 2.75) is 38.8 Å². The van der Waals surface area contributed by atoms with Gasteiger partial charge >= 0.3 is 0 Å². The van der Waals surface area contributed by atoms with Gasteiger partial charge in [-0.1, -0.05) is 23.7 Å². The minimum absolute atomic E-state index is 0.0317. The van der Waals surface area contributed by atoms with Crippen LogP contribution in [0.3, 0.4) is 0 Å². The fourth-order valence-electron chi connectivity index (χ4n) is 4.07. The van der Waals surface area contributed by atoms with E-state index in [0.717, 1.165) is 16.9 Å². The van der Waals surface area contributed by atoms with Crippen LogP contribution in [-0.2, 0) is 16.1 Å². The van der Waals surface area contributed by atoms with Gasteiger partial charge in [0.1, 0.15) is 18.1 Å². The number of benzene rings is 2. The number of amides is 2. The van der Waals surface area contributed by atoms with E-state index in [0.29, 0.717) is 29.4 Å². The maximum absolute atomic E-state index is 12.9. The minimum atomic E-state index is -0.157. The van der Waals surface area contributed by atoms with Crippen LogP contribution in [0.15, 0.2) is 42.5 Å². The van der Waals surface area contributed by atoms with Gasteiger partial charge in [0, 0.05) is 29.9 Å². The molecule has 1 aliphatic rings. The fraction of sp³-hybridized carbons (Fsp3) is 0.348. The number of rotatable bonds is 6. The Hall–Kier alpha value is -3.06. The molecular weight excluding hydrogens is 416 g/mol. The molecule has 1 fully saturated rings. The lowest BCUT2D eigenvalue weighted by Gasteiger charge is -2.20. The Labute approximate surface area is 186 Å². The molecule has 1 unspecified atom stereocenters. The Morgan fingerprint density at radius 3 is 2.81 bits per heavy atom. The van der Waals surface area contributed by atoms with Gasteiger partial charge in [0.2, 0.25) is 11.8 Å². The van der Waals surface area contributed by atoms with Crippen molar-refractivity contribution in [2.75, 3.05) is 18.6 Å². The van der Waals surface area contributed by atoms with E-state index < -0.39 is 0 Å². The lowest BCUT2D eigenvalue weighted by molar-refractivity contribution is -0.122. The highest BCUT2D eigenvalue weighted by Crippen LogP contribution is 2.38. The molecule has 2 heterocycles. The minimum Gasteiger partial charge on any atom is -0.495 e. The molecule has 162 valence electrons. The summed E-state index contributed by atoms with van der Waals surface area (Å²) in [4.78, 5) is 32.0. The number of fused-ring (bicyclic) bond motifs is 1. The predicted molar refractivity (Wildman–Crippen MR) is 121 cm³/mol. The van der Waals surface area contributed by atoms with Gasteiger partial charge in [-0.05, 0) is 44.2 Å². The molecule has 0 bridgehead atoms. The molecule has 0 spiro atoms. The number of nitrogens with one attached hydrogen (secondary N) is 1. The van der Waals surface area contributed by atoms with Crippen molar-refractivity contribution in [3.63, 3.8) is 0 Å². The van der Waals surface area contributed by atoms with Gasteiger partial charge in [0.05, 0.1) is 23.8 Å². The molecule has 0 radical (unpaired) electrons. The number of carbonyl (C=O) groups excluding carboxylic acids is 2. The normalized spacial score (nSPS) is 16.4. The second-order valence-corrected chi connectivity index (χ2v) is 8.43. The van der Waals surface area contributed by atoms with E-state index in [1.165, 1.54) is 0 Å². The standard InChI is InChI=1S/C23H25ClN4O3/c1-14(2)25-21(29)13-28-18-7-5-4-6-17(18)26-23(28)15-10-22(30)27(12-15)19-11-16(24)8-9-20(19)31-3/h4-9,11,14-15H,10,12-13H2,1-3H3,(H,25,29). The molecule has 1 saturated heterocycles. The number of nitrogens with zero attached hydrogens (tertiary/aromatic N) is 3. The van der Waals surface area contributed by atoms with Crippen LogP contribution in [0, 0.1) is 0 Å². The first-order valence-electron chi connectivity index (χ1n) is 10.3. The smallest absolute Gasteiger partial charge is 0.240 e. The second-order valence-electron chi connectivity index (χ2n) is 7.99. The van der Waals surface area contributed by atoms with Crippen LogP contribution >= 0.6 is 11.6 Å². The van der Waals surface area contributed by atoms with Crippen molar-refractivity contribution >= 4 is 40.1 Å². The molecule has 31 heavy (non-hydrogen) atoms. The van der Waals surface area contributed by atoms with Crippen molar-refractivity contribution in [3.05, 3.63) is 53.3 Å². The summed E-state index contributed by atoms with van der Waals surface area (Å²) in [5, 5.41) is 3.46. The number of halogens is 1. The van der Waals surface area contributed by atoms with E-state index >= 15 is 0 Å². The first kappa shape index (κ1) is 21.2. The van der Waals surface area contributed by atoms with E-state index in [-0.39, 0.29) is 30.3 Å². The van der Waals surface area contributed by atoms with Crippen molar-refractivity contribution in [1.82, 2.24) is 14.9 Å². The van der Waals surface area contributed by atoms with Gasteiger partial charge in [-0.25, -0.2) is 4.98 Å². The highest BCUT2D eigenvalue weighted by molar-refractivity contribution is 6.31. The number of hydrogen-bond acceptors (Lipinski definition) is 4. The molecule has 4 rings (SSSR count). The molecule has 7 nitrogen and oxygen atoms in total. The third-order valence-corrected chi connectivity index (χ3v) is 5.59. The molecular formula is C23H25ClN4O3. The zero-order chi connectivity index (χ0) is 22.1. The number of imidazole rings is 1. The number of aromatic nitrogens is 2. The summed E-state index contributed by atoms with van der Waals surface area (Å²) in [6.45, 7) is 4.44. The largest absolute Gasteiger partial charge is 0.495 e. The Morgan fingerprint density at radius 2 is 2.06 bits per heavy atom. The maximum atomic E-state index is 12.9. The summed E-state index contributed by atoms with van der Waals surface area (Å²) in [6, 6.07) is 13.0. The van der Waals surface area contributed by atoms with Crippen LogP contribution in [0.2, 0.25) is 5.02 Å². The van der Waals surface area contributed by atoms with E-state index in [1.807, 2.05) is 42.7 Å². The van der Waals surface area contributed by atoms with Gasteiger partial charge in [-0.2, -0.15) is 0 Å². The van der Waals surface area contributed by atoms with E-state index in [1.54, 1.807) is 30.2 Å². The molecule has 1 N–H and O–H groups in total. The Morgan fingerprint density at radius 1 is 1.29 bits per heavy atom. The molecule has 8 heteroatoms. The van der Waals surface area contributed by atoms with E-state index in [2.05, 4.69) is 5.32 Å². The summed E-state index contributed by atoms with van der Waals surface area (Å²) < 4.78 is 7.36. The topological polar surface area (TPSA) is 76.5 Å². The monoisotopic (exact) mass is 440 g/mol. The predicted octanol–water partition coefficient (Wildman–Crippen LogP) is 3.74. The third-order valence-electron chi connectivity index (χ3n) is 5.36. The third kappa shape index (κ3) is 4.23. The van der Waals surface area contributed by atoms with Crippen molar-refractivity contribution in [3.8, 4) is 5.75 Å². The average Bonchev–Trinajstić information content (AvgIpc) is 3.28. The van der Waals surface area contributed by atoms with Gasteiger partial charge < -0.3 is 19.5 Å². The Kier molecular flexibility index (Phi) is 5.87. The highest BCUT2D eigenvalue weighted by atomic mass is 35.5. The zero-order valence-corrected chi connectivity index (χ0v) is 18.5. The van der Waals surface area contributed by atoms with E-state index in [4.69, 9.17) is 21.3 Å². The summed E-state index contributed by atoms with van der Waals surface area (Å²) in [5.41, 5.74) is 2.33. The summed E-state index contributed by atoms with van der Waals surface area (Å²) in [6.07, 6.45) is 0.296. The average molecular weight is 441 g/mol. The number of para-hydroxylation sites is 2. The summed E-state index contributed by atoms with van der Waals surface area (Å²) >= 11 is 6.18. The summed E-state index contributed by atoms with van der Waals surface area (Å²) in [5.74, 6) is 1.04. The van der Waals surface area contributed by atoms with Crippen LogP contribution in [0.1, 0.15) is 32.0 Å². The first-order valence-corrected chi connectivity index (χ1v) is 10.6. The lowest BCUT2D eigenvalue weighted by atomic mass is 10.1. The van der Waals surface area contributed by atoms with E-state index in [9.17, 15) is 9.59 Å². The molecule has 3 aromatic rings.